The fourth-order valence-electron chi connectivity index (χ4n) is 11.4. The molecule has 0 N–H and O–H groups in total. The standard InChI is InChI=1S/C80H58N6/c1-7-21-65(22-8-1)83(66-23-9-2-10-24-66)71-47-35-59(36-48-71)61-39-51-73(52-40-61)85(69-29-15-5-16-30-69)75-55-43-63(44-56-75)79-80(82-78-34-20-19-33-77(78)81-79)64-45-57-76(58-46-64)86(70-31-17-6-18-32-70)74-53-41-62(42-54-74)60-37-49-72(50-38-60)84(67-25-11-3-12-26-67)68-27-13-4-14-28-68/h1-58H. The Kier molecular flexibility index (Phi) is 14.7. The van der Waals surface area contributed by atoms with E-state index >= 15 is 0 Å². The molecule has 6 nitrogen and oxygen atoms in total. The summed E-state index contributed by atoms with van der Waals surface area (Å²) in [7, 11) is 0. The third-order valence-electron chi connectivity index (χ3n) is 15.6. The largest absolute Gasteiger partial charge is 0.311 e. The highest BCUT2D eigenvalue weighted by molar-refractivity contribution is 5.89. The number of benzene rings is 13. The summed E-state index contributed by atoms with van der Waals surface area (Å²) in [6.07, 6.45) is 0. The van der Waals surface area contributed by atoms with Gasteiger partial charge in [-0.05, 0) is 180 Å². The van der Waals surface area contributed by atoms with E-state index in [1.54, 1.807) is 0 Å². The average molecular weight is 1100 g/mol. The van der Waals surface area contributed by atoms with Crippen molar-refractivity contribution in [3.63, 3.8) is 0 Å². The van der Waals surface area contributed by atoms with Gasteiger partial charge in [0.05, 0.1) is 22.4 Å². The van der Waals surface area contributed by atoms with Crippen LogP contribution in [0.1, 0.15) is 0 Å². The van der Waals surface area contributed by atoms with Crippen LogP contribution in [0.5, 0.6) is 0 Å². The van der Waals surface area contributed by atoms with Gasteiger partial charge in [0.15, 0.2) is 0 Å². The summed E-state index contributed by atoms with van der Waals surface area (Å²) in [4.78, 5) is 19.8. The Labute approximate surface area is 502 Å². The van der Waals surface area contributed by atoms with Gasteiger partial charge in [-0.2, -0.15) is 0 Å². The van der Waals surface area contributed by atoms with Crippen molar-refractivity contribution in [2.24, 2.45) is 0 Å². The van der Waals surface area contributed by atoms with Crippen LogP contribution in [0.4, 0.5) is 68.2 Å². The molecule has 0 aliphatic rings. The minimum Gasteiger partial charge on any atom is -0.311 e. The Hall–Kier alpha value is -11.6. The number of anilines is 12. The van der Waals surface area contributed by atoms with E-state index in [9.17, 15) is 0 Å². The van der Waals surface area contributed by atoms with Crippen molar-refractivity contribution in [2.45, 2.75) is 0 Å². The highest BCUT2D eigenvalue weighted by atomic mass is 15.2. The Morgan fingerprint density at radius 3 is 0.477 bits per heavy atom. The molecule has 1 aromatic heterocycles. The van der Waals surface area contributed by atoms with Gasteiger partial charge < -0.3 is 19.6 Å². The van der Waals surface area contributed by atoms with E-state index in [-0.39, 0.29) is 0 Å². The van der Waals surface area contributed by atoms with Crippen molar-refractivity contribution in [1.29, 1.82) is 0 Å². The van der Waals surface area contributed by atoms with E-state index in [1.807, 2.05) is 24.3 Å². The van der Waals surface area contributed by atoms with Crippen LogP contribution in [0.25, 0.3) is 55.8 Å². The number of para-hydroxylation sites is 8. The van der Waals surface area contributed by atoms with Gasteiger partial charge in [-0.15, -0.1) is 0 Å². The van der Waals surface area contributed by atoms with Crippen molar-refractivity contribution in [1.82, 2.24) is 9.97 Å². The lowest BCUT2D eigenvalue weighted by Gasteiger charge is -2.26. The second kappa shape index (κ2) is 24.1. The second-order valence-electron chi connectivity index (χ2n) is 21.0. The Balaban J connectivity index is 0.741. The molecule has 0 radical (unpaired) electrons. The molecule has 14 aromatic rings. The maximum Gasteiger partial charge on any atom is 0.0973 e. The first-order valence-electron chi connectivity index (χ1n) is 29.0. The average Bonchev–Trinajstić information content (AvgIpc) is 2.06. The van der Waals surface area contributed by atoms with Gasteiger partial charge in [-0.25, -0.2) is 9.97 Å². The Morgan fingerprint density at radius 1 is 0.140 bits per heavy atom. The molecular weight excluding hydrogens is 1040 g/mol. The fourth-order valence-corrected chi connectivity index (χ4v) is 11.4. The van der Waals surface area contributed by atoms with Gasteiger partial charge in [0.1, 0.15) is 0 Å². The summed E-state index contributed by atoms with van der Waals surface area (Å²) in [5.74, 6) is 0. The molecule has 0 bridgehead atoms. The van der Waals surface area contributed by atoms with Gasteiger partial charge >= 0.3 is 0 Å². The first-order valence-corrected chi connectivity index (χ1v) is 29.0. The molecule has 0 spiro atoms. The molecule has 0 amide bonds. The number of hydrogen-bond donors (Lipinski definition) is 0. The zero-order chi connectivity index (χ0) is 57.4. The monoisotopic (exact) mass is 1100 g/mol. The zero-order valence-corrected chi connectivity index (χ0v) is 47.2. The summed E-state index contributed by atoms with van der Waals surface area (Å²) < 4.78 is 0. The molecule has 6 heteroatoms. The maximum atomic E-state index is 5.33. The normalized spacial score (nSPS) is 11.0. The zero-order valence-electron chi connectivity index (χ0n) is 47.2. The molecule has 0 saturated heterocycles. The first-order chi connectivity index (χ1) is 42.6. The molecule has 0 unspecified atom stereocenters. The number of hydrogen-bond acceptors (Lipinski definition) is 6. The van der Waals surface area contributed by atoms with E-state index in [2.05, 4.69) is 347 Å². The van der Waals surface area contributed by atoms with Gasteiger partial charge in [0.25, 0.3) is 0 Å². The third-order valence-corrected chi connectivity index (χ3v) is 15.6. The van der Waals surface area contributed by atoms with Crippen LogP contribution in [0.15, 0.2) is 352 Å². The van der Waals surface area contributed by atoms with Crippen molar-refractivity contribution in [2.75, 3.05) is 19.6 Å². The van der Waals surface area contributed by atoms with Gasteiger partial charge in [0.2, 0.25) is 0 Å². The molecular formula is C80H58N6. The number of nitrogens with zero attached hydrogens (tertiary/aromatic N) is 6. The van der Waals surface area contributed by atoms with E-state index in [1.165, 1.54) is 0 Å². The van der Waals surface area contributed by atoms with Gasteiger partial charge in [-0.1, -0.05) is 194 Å². The summed E-state index contributed by atoms with van der Waals surface area (Å²) in [5, 5.41) is 0. The minimum atomic E-state index is 0.816. The lowest BCUT2D eigenvalue weighted by molar-refractivity contribution is 1.26. The smallest absolute Gasteiger partial charge is 0.0973 e. The predicted molar refractivity (Wildman–Crippen MR) is 360 cm³/mol. The quantitative estimate of drug-likeness (QED) is 0.0960. The lowest BCUT2D eigenvalue weighted by atomic mass is 10.0. The van der Waals surface area contributed by atoms with Crippen molar-refractivity contribution in [3.8, 4) is 44.8 Å². The summed E-state index contributed by atoms with van der Waals surface area (Å²) in [6.45, 7) is 0. The van der Waals surface area contributed by atoms with Crippen LogP contribution in [0.3, 0.4) is 0 Å². The van der Waals surface area contributed by atoms with Gasteiger partial charge in [-0.3, -0.25) is 0 Å². The van der Waals surface area contributed by atoms with E-state index in [0.29, 0.717) is 0 Å². The first kappa shape index (κ1) is 52.5. The third kappa shape index (κ3) is 11.0. The summed E-state index contributed by atoms with van der Waals surface area (Å²) in [5.41, 5.74) is 22.8. The molecule has 0 atom stereocenters. The van der Waals surface area contributed by atoms with Crippen molar-refractivity contribution >= 4 is 79.3 Å². The lowest BCUT2D eigenvalue weighted by Crippen LogP contribution is -2.10. The number of aromatic nitrogens is 2. The maximum absolute atomic E-state index is 5.33. The highest BCUT2D eigenvalue weighted by Gasteiger charge is 2.20. The second-order valence-corrected chi connectivity index (χ2v) is 21.0. The molecule has 0 aliphatic carbocycles. The molecule has 1 heterocycles. The summed E-state index contributed by atoms with van der Waals surface area (Å²) in [6, 6.07) is 124. The molecule has 86 heavy (non-hydrogen) atoms. The van der Waals surface area contributed by atoms with Crippen LogP contribution in [-0.4, -0.2) is 9.97 Å². The van der Waals surface area contributed by atoms with E-state index < -0.39 is 0 Å². The number of fused-ring (bicyclic) bond motifs is 1. The van der Waals surface area contributed by atoms with Crippen LogP contribution in [0, 0.1) is 0 Å². The minimum absolute atomic E-state index is 0.816. The molecule has 14 rings (SSSR count). The van der Waals surface area contributed by atoms with Crippen LogP contribution in [0.2, 0.25) is 0 Å². The van der Waals surface area contributed by atoms with E-state index in [0.717, 1.165) is 124 Å². The van der Waals surface area contributed by atoms with Crippen LogP contribution >= 0.6 is 0 Å². The molecule has 13 aromatic carbocycles. The van der Waals surface area contributed by atoms with Crippen LogP contribution < -0.4 is 19.6 Å². The van der Waals surface area contributed by atoms with Crippen molar-refractivity contribution < 1.29 is 0 Å². The fraction of sp³-hybridized carbons (Fsp3) is 0. The molecule has 408 valence electrons. The topological polar surface area (TPSA) is 38.7 Å². The Morgan fingerprint density at radius 2 is 0.291 bits per heavy atom. The Bertz CT molecular complexity index is 4120. The van der Waals surface area contributed by atoms with Crippen LogP contribution in [-0.2, 0) is 0 Å². The highest BCUT2D eigenvalue weighted by Crippen LogP contribution is 2.42. The molecule has 0 fully saturated rings. The summed E-state index contributed by atoms with van der Waals surface area (Å²) >= 11 is 0. The molecule has 0 aliphatic heterocycles. The predicted octanol–water partition coefficient (Wildman–Crippen LogP) is 22.2. The molecule has 0 saturated carbocycles. The van der Waals surface area contributed by atoms with Crippen molar-refractivity contribution in [3.05, 3.63) is 352 Å². The SMILES string of the molecule is c1ccc(N(c2ccccc2)c2ccc(-c3ccc(N(c4ccccc4)c4ccc(-c5nc6ccccc6nc5-c5ccc(N(c6ccccc6)c6ccc(-c7ccc(N(c8ccccc8)c8ccccc8)cc7)cc6)cc5)cc4)cc3)cc2)cc1. The van der Waals surface area contributed by atoms with Gasteiger partial charge in [0, 0.05) is 79.4 Å². The number of rotatable bonds is 16. The van der Waals surface area contributed by atoms with E-state index in [4.69, 9.17) is 9.97 Å².